The number of carbonyl (C=O) groups is 2. The minimum absolute atomic E-state index is 0.103. The van der Waals surface area contributed by atoms with Gasteiger partial charge in [-0.2, -0.15) is 5.10 Å². The third-order valence-corrected chi connectivity index (χ3v) is 3.91. The number of carbonyl (C=O) groups excluding carboxylic acids is 2. The van der Waals surface area contributed by atoms with Gasteiger partial charge in [0.2, 0.25) is 11.8 Å². The fourth-order valence-electron chi connectivity index (χ4n) is 1.72. The van der Waals surface area contributed by atoms with Gasteiger partial charge in [-0.25, -0.2) is 10.9 Å². The Morgan fingerprint density at radius 1 is 1.24 bits per heavy atom. The molecule has 2 amide bonds. The van der Waals surface area contributed by atoms with E-state index in [2.05, 4.69) is 10.5 Å². The van der Waals surface area contributed by atoms with Crippen LogP contribution in [0.15, 0.2) is 16.5 Å². The lowest BCUT2D eigenvalue weighted by molar-refractivity contribution is -0.129. The van der Waals surface area contributed by atoms with E-state index in [1.165, 1.54) is 0 Å². The molecular formula is C14H21N3O3S. The van der Waals surface area contributed by atoms with E-state index in [9.17, 15) is 9.59 Å². The molecule has 1 aromatic rings. The minimum Gasteiger partial charge on any atom is -0.289 e. The van der Waals surface area contributed by atoms with Crippen LogP contribution in [0.5, 0.6) is 0 Å². The van der Waals surface area contributed by atoms with Crippen LogP contribution in [-0.4, -0.2) is 23.2 Å². The van der Waals surface area contributed by atoms with Crippen LogP contribution >= 0.6 is 11.3 Å². The molecule has 7 heteroatoms. The van der Waals surface area contributed by atoms with E-state index < -0.39 is 0 Å². The van der Waals surface area contributed by atoms with Gasteiger partial charge in [-0.15, -0.1) is 11.3 Å². The van der Waals surface area contributed by atoms with Crippen molar-refractivity contribution in [3.63, 3.8) is 0 Å². The predicted molar refractivity (Wildman–Crippen MR) is 82.4 cm³/mol. The van der Waals surface area contributed by atoms with Crippen LogP contribution in [0.2, 0.25) is 0 Å². The van der Waals surface area contributed by atoms with Crippen LogP contribution in [-0.2, 0) is 9.59 Å². The van der Waals surface area contributed by atoms with Crippen molar-refractivity contribution in [3.8, 4) is 0 Å². The van der Waals surface area contributed by atoms with E-state index in [0.29, 0.717) is 19.3 Å². The molecule has 0 aliphatic heterocycles. The molecule has 0 unspecified atom stereocenters. The molecule has 0 radical (unpaired) electrons. The number of unbranched alkanes of at least 4 members (excludes halogenated alkanes) is 3. The molecule has 0 aliphatic carbocycles. The first kappa shape index (κ1) is 17.3. The number of hydrogen-bond acceptors (Lipinski definition) is 5. The number of hydrazone groups is 1. The third kappa shape index (κ3) is 7.57. The Labute approximate surface area is 128 Å². The molecule has 0 spiro atoms. The van der Waals surface area contributed by atoms with E-state index in [1.807, 2.05) is 18.4 Å². The van der Waals surface area contributed by atoms with Gasteiger partial charge in [0, 0.05) is 17.7 Å². The molecule has 0 bridgehead atoms. The molecule has 0 saturated heterocycles. The quantitative estimate of drug-likeness (QED) is 0.283. The summed E-state index contributed by atoms with van der Waals surface area (Å²) in [7, 11) is 0. The zero-order valence-electron chi connectivity index (χ0n) is 12.1. The first-order valence-electron chi connectivity index (χ1n) is 6.92. The summed E-state index contributed by atoms with van der Waals surface area (Å²) in [6.07, 6.45) is 5.60. The van der Waals surface area contributed by atoms with Crippen LogP contribution in [0.1, 0.15) is 49.0 Å². The average Bonchev–Trinajstić information content (AvgIpc) is 2.88. The number of nitrogens with zero attached hydrogens (tertiary/aromatic N) is 1. The second-order valence-corrected chi connectivity index (χ2v) is 5.66. The highest BCUT2D eigenvalue weighted by Gasteiger charge is 2.01. The lowest BCUT2D eigenvalue weighted by atomic mass is 10.1. The van der Waals surface area contributed by atoms with Crippen molar-refractivity contribution in [1.82, 2.24) is 10.9 Å². The molecule has 6 nitrogen and oxygen atoms in total. The Morgan fingerprint density at radius 2 is 1.90 bits per heavy atom. The lowest BCUT2D eigenvalue weighted by Gasteiger charge is -2.01. The molecule has 0 fully saturated rings. The molecule has 116 valence electrons. The molecule has 0 aliphatic rings. The molecule has 21 heavy (non-hydrogen) atoms. The van der Waals surface area contributed by atoms with Gasteiger partial charge in [0.25, 0.3) is 0 Å². The van der Waals surface area contributed by atoms with Gasteiger partial charge in [-0.3, -0.25) is 14.8 Å². The van der Waals surface area contributed by atoms with Crippen molar-refractivity contribution in [2.24, 2.45) is 5.10 Å². The van der Waals surface area contributed by atoms with Gasteiger partial charge in [0.15, 0.2) is 0 Å². The number of nitrogens with one attached hydrogen (secondary N) is 2. The summed E-state index contributed by atoms with van der Waals surface area (Å²) in [6.45, 7) is 2.00. The number of aryl methyl sites for hydroxylation is 1. The zero-order chi connectivity index (χ0) is 15.5. The van der Waals surface area contributed by atoms with Crippen molar-refractivity contribution in [3.05, 3.63) is 21.9 Å². The number of rotatable bonds is 9. The maximum atomic E-state index is 11.5. The standard InChI is InChI=1S/C14H21N3O3S/c1-11-8-9-21-12(11)10-15-16-13(18)6-4-2-3-5-7-14(19)17-20/h8-10,20H,2-7H2,1H3,(H,16,18)(H,17,19)/b15-10+. The summed E-state index contributed by atoms with van der Waals surface area (Å²) in [4.78, 5) is 23.3. The Hall–Kier alpha value is -1.73. The highest BCUT2D eigenvalue weighted by atomic mass is 32.1. The first-order valence-corrected chi connectivity index (χ1v) is 7.80. The topological polar surface area (TPSA) is 90.8 Å². The maximum absolute atomic E-state index is 11.5. The van der Waals surface area contributed by atoms with E-state index in [4.69, 9.17) is 5.21 Å². The van der Waals surface area contributed by atoms with Crippen LogP contribution in [0.3, 0.4) is 0 Å². The Morgan fingerprint density at radius 3 is 2.48 bits per heavy atom. The SMILES string of the molecule is Cc1ccsc1/C=N/NC(=O)CCCCCCC(=O)NO. The molecule has 0 aromatic carbocycles. The van der Waals surface area contributed by atoms with E-state index in [1.54, 1.807) is 23.0 Å². The summed E-state index contributed by atoms with van der Waals surface area (Å²) in [6, 6.07) is 2.00. The van der Waals surface area contributed by atoms with Crippen molar-refractivity contribution < 1.29 is 14.8 Å². The van der Waals surface area contributed by atoms with Gasteiger partial charge in [-0.1, -0.05) is 12.8 Å². The Kier molecular flexibility index (Phi) is 8.30. The van der Waals surface area contributed by atoms with Gasteiger partial charge >= 0.3 is 0 Å². The van der Waals surface area contributed by atoms with E-state index >= 15 is 0 Å². The van der Waals surface area contributed by atoms with Gasteiger partial charge in [-0.05, 0) is 36.8 Å². The lowest BCUT2D eigenvalue weighted by Crippen LogP contribution is -2.18. The minimum atomic E-state index is -0.369. The Bertz CT molecular complexity index is 486. The molecule has 1 rings (SSSR count). The molecule has 0 atom stereocenters. The smallest absolute Gasteiger partial charge is 0.243 e. The van der Waals surface area contributed by atoms with Gasteiger partial charge < -0.3 is 0 Å². The summed E-state index contributed by atoms with van der Waals surface area (Å²) in [5, 5.41) is 14.2. The van der Waals surface area contributed by atoms with Gasteiger partial charge in [0.05, 0.1) is 6.21 Å². The molecule has 1 aromatic heterocycles. The zero-order valence-corrected chi connectivity index (χ0v) is 12.9. The van der Waals surface area contributed by atoms with E-state index in [-0.39, 0.29) is 11.8 Å². The summed E-state index contributed by atoms with van der Waals surface area (Å²) >= 11 is 1.58. The van der Waals surface area contributed by atoms with Crippen molar-refractivity contribution in [2.45, 2.75) is 45.4 Å². The second kappa shape index (κ2) is 10.1. The molecule has 3 N–H and O–H groups in total. The maximum Gasteiger partial charge on any atom is 0.243 e. The number of hydrogen-bond donors (Lipinski definition) is 3. The normalized spacial score (nSPS) is 10.8. The summed E-state index contributed by atoms with van der Waals surface area (Å²) in [5.41, 5.74) is 5.24. The number of hydroxylamine groups is 1. The van der Waals surface area contributed by atoms with E-state index in [0.717, 1.165) is 29.7 Å². The van der Waals surface area contributed by atoms with Crippen molar-refractivity contribution in [1.29, 1.82) is 0 Å². The highest BCUT2D eigenvalue weighted by molar-refractivity contribution is 7.11. The van der Waals surface area contributed by atoms with Crippen LogP contribution in [0.4, 0.5) is 0 Å². The summed E-state index contributed by atoms with van der Waals surface area (Å²) < 4.78 is 0. The summed E-state index contributed by atoms with van der Waals surface area (Å²) in [5.74, 6) is -0.473. The highest BCUT2D eigenvalue weighted by Crippen LogP contribution is 2.12. The number of amides is 2. The molecule has 0 saturated carbocycles. The largest absolute Gasteiger partial charge is 0.289 e. The second-order valence-electron chi connectivity index (χ2n) is 4.71. The molecule has 1 heterocycles. The molecular weight excluding hydrogens is 290 g/mol. The average molecular weight is 311 g/mol. The van der Waals surface area contributed by atoms with Crippen LogP contribution in [0.25, 0.3) is 0 Å². The van der Waals surface area contributed by atoms with Gasteiger partial charge in [0.1, 0.15) is 0 Å². The van der Waals surface area contributed by atoms with Crippen LogP contribution < -0.4 is 10.9 Å². The van der Waals surface area contributed by atoms with Crippen molar-refractivity contribution in [2.75, 3.05) is 0 Å². The fraction of sp³-hybridized carbons (Fsp3) is 0.500. The number of thiophene rings is 1. The predicted octanol–water partition coefficient (Wildman–Crippen LogP) is 2.35. The third-order valence-electron chi connectivity index (χ3n) is 2.96. The monoisotopic (exact) mass is 311 g/mol. The van der Waals surface area contributed by atoms with Crippen LogP contribution in [0, 0.1) is 6.92 Å². The Balaban J connectivity index is 2.05. The first-order chi connectivity index (χ1) is 10.1. The van der Waals surface area contributed by atoms with Crippen molar-refractivity contribution >= 4 is 29.4 Å². The fourth-order valence-corrected chi connectivity index (χ4v) is 2.50.